The van der Waals surface area contributed by atoms with E-state index in [1.54, 1.807) is 29.0 Å². The number of nitrogens with zero attached hydrogens (tertiary/aromatic N) is 2. The monoisotopic (exact) mass is 474 g/mol. The van der Waals surface area contributed by atoms with Crippen LogP contribution in [0.2, 0.25) is 0 Å². The summed E-state index contributed by atoms with van der Waals surface area (Å²) in [5.74, 6) is -0.978. The molecule has 28 heavy (non-hydrogen) atoms. The third-order valence-corrected chi connectivity index (χ3v) is 6.61. The summed E-state index contributed by atoms with van der Waals surface area (Å²) in [5, 5.41) is 0. The summed E-state index contributed by atoms with van der Waals surface area (Å²) in [4.78, 5) is 27.9. The largest absolute Gasteiger partial charge is 0.444 e. The van der Waals surface area contributed by atoms with E-state index in [-0.39, 0.29) is 10.9 Å². The number of ether oxygens (including phenoxy) is 1. The lowest BCUT2D eigenvalue weighted by molar-refractivity contribution is -0.129. The van der Waals surface area contributed by atoms with Crippen molar-refractivity contribution < 1.29 is 22.7 Å². The summed E-state index contributed by atoms with van der Waals surface area (Å²) in [5.41, 5.74) is -0.567. The van der Waals surface area contributed by atoms with E-state index in [2.05, 4.69) is 15.9 Å². The zero-order valence-corrected chi connectivity index (χ0v) is 19.0. The highest BCUT2D eigenvalue weighted by Crippen LogP contribution is 2.21. The maximum Gasteiger partial charge on any atom is 0.410 e. The molecule has 1 saturated heterocycles. The summed E-state index contributed by atoms with van der Waals surface area (Å²) in [6.07, 6.45) is 0.770. The number of rotatable bonds is 4. The van der Waals surface area contributed by atoms with Gasteiger partial charge < -0.3 is 14.5 Å². The van der Waals surface area contributed by atoms with Gasteiger partial charge in [-0.1, -0.05) is 22.0 Å². The molecule has 2 amide bonds. The standard InChI is InChI=1S/C19H27BrN2O5S/c1-19(2,3)27-18(24)21(4)15-8-10-22(11-9-15)17(23)13-28(25,26)16-7-5-6-14(20)12-16/h5-7,12,15H,8-11,13H2,1-4H3. The maximum absolute atomic E-state index is 12.5. The molecule has 1 fully saturated rings. The molecule has 0 atom stereocenters. The highest BCUT2D eigenvalue weighted by atomic mass is 79.9. The molecular weight excluding hydrogens is 448 g/mol. The minimum atomic E-state index is -3.70. The number of piperidine rings is 1. The molecule has 156 valence electrons. The predicted octanol–water partition coefficient (Wildman–Crippen LogP) is 3.08. The van der Waals surface area contributed by atoms with Gasteiger partial charge in [0.1, 0.15) is 11.4 Å². The van der Waals surface area contributed by atoms with Crippen molar-refractivity contribution in [3.05, 3.63) is 28.7 Å². The summed E-state index contributed by atoms with van der Waals surface area (Å²) in [6.45, 7) is 6.25. The van der Waals surface area contributed by atoms with Gasteiger partial charge in [-0.15, -0.1) is 0 Å². The van der Waals surface area contributed by atoms with Crippen molar-refractivity contribution in [2.24, 2.45) is 0 Å². The lowest BCUT2D eigenvalue weighted by Crippen LogP contribution is -2.49. The summed E-state index contributed by atoms with van der Waals surface area (Å²) in [6, 6.07) is 6.28. The molecule has 7 nitrogen and oxygen atoms in total. The first-order valence-electron chi connectivity index (χ1n) is 9.11. The van der Waals surface area contributed by atoms with Crippen molar-refractivity contribution >= 4 is 37.8 Å². The lowest BCUT2D eigenvalue weighted by atomic mass is 10.0. The second-order valence-corrected chi connectivity index (χ2v) is 10.8. The Morgan fingerprint density at radius 3 is 2.39 bits per heavy atom. The van der Waals surface area contributed by atoms with E-state index >= 15 is 0 Å². The number of halogens is 1. The molecule has 1 aliphatic heterocycles. The number of amides is 2. The van der Waals surface area contributed by atoms with E-state index in [1.807, 2.05) is 20.8 Å². The van der Waals surface area contributed by atoms with Gasteiger partial charge in [-0.2, -0.15) is 0 Å². The molecule has 2 rings (SSSR count). The Labute approximate surface area is 175 Å². The van der Waals surface area contributed by atoms with E-state index in [9.17, 15) is 18.0 Å². The Balaban J connectivity index is 1.92. The van der Waals surface area contributed by atoms with Crippen LogP contribution in [0.25, 0.3) is 0 Å². The first-order chi connectivity index (χ1) is 12.9. The minimum Gasteiger partial charge on any atom is -0.444 e. The van der Waals surface area contributed by atoms with Crippen molar-refractivity contribution in [1.29, 1.82) is 0 Å². The number of carbonyl (C=O) groups is 2. The van der Waals surface area contributed by atoms with Crippen LogP contribution in [0.1, 0.15) is 33.6 Å². The smallest absolute Gasteiger partial charge is 0.410 e. The van der Waals surface area contributed by atoms with Crippen LogP contribution in [0.4, 0.5) is 4.79 Å². The number of carbonyl (C=O) groups excluding carboxylic acids is 2. The third-order valence-electron chi connectivity index (χ3n) is 4.52. The Morgan fingerprint density at radius 1 is 1.25 bits per heavy atom. The van der Waals surface area contributed by atoms with Gasteiger partial charge in [-0.25, -0.2) is 13.2 Å². The van der Waals surface area contributed by atoms with E-state index in [4.69, 9.17) is 4.74 Å². The van der Waals surface area contributed by atoms with Crippen LogP contribution in [-0.4, -0.2) is 67.8 Å². The minimum absolute atomic E-state index is 0.0411. The number of likely N-dealkylation sites (tertiary alicyclic amines) is 1. The molecule has 9 heteroatoms. The van der Waals surface area contributed by atoms with E-state index < -0.39 is 33.2 Å². The van der Waals surface area contributed by atoms with Crippen molar-refractivity contribution in [3.63, 3.8) is 0 Å². The fourth-order valence-corrected chi connectivity index (χ4v) is 4.80. The van der Waals surface area contributed by atoms with Gasteiger partial charge in [0, 0.05) is 30.7 Å². The Morgan fingerprint density at radius 2 is 1.86 bits per heavy atom. The van der Waals surface area contributed by atoms with Gasteiger partial charge in [-0.3, -0.25) is 4.79 Å². The lowest BCUT2D eigenvalue weighted by Gasteiger charge is -2.37. The highest BCUT2D eigenvalue weighted by Gasteiger charge is 2.31. The number of sulfone groups is 1. The molecule has 1 aliphatic rings. The molecule has 0 radical (unpaired) electrons. The molecular formula is C19H27BrN2O5S. The number of benzene rings is 1. The van der Waals surface area contributed by atoms with Crippen molar-refractivity contribution in [3.8, 4) is 0 Å². The molecule has 0 saturated carbocycles. The third kappa shape index (κ3) is 6.20. The van der Waals surface area contributed by atoms with Gasteiger partial charge in [0.2, 0.25) is 5.91 Å². The Kier molecular flexibility index (Phi) is 7.14. The molecule has 1 aromatic carbocycles. The Hall–Kier alpha value is -1.61. The number of hydrogen-bond donors (Lipinski definition) is 0. The second-order valence-electron chi connectivity index (χ2n) is 7.92. The van der Waals surface area contributed by atoms with E-state index in [0.29, 0.717) is 30.4 Å². The molecule has 0 aliphatic carbocycles. The van der Waals surface area contributed by atoms with Gasteiger partial charge in [0.15, 0.2) is 9.84 Å². The van der Waals surface area contributed by atoms with Crippen molar-refractivity contribution in [2.75, 3.05) is 25.9 Å². The Bertz CT molecular complexity index is 827. The maximum atomic E-state index is 12.5. The molecule has 0 spiro atoms. The van der Waals surface area contributed by atoms with Crippen LogP contribution < -0.4 is 0 Å². The molecule has 1 heterocycles. The molecule has 0 aromatic heterocycles. The zero-order chi connectivity index (χ0) is 21.1. The second kappa shape index (κ2) is 8.82. The summed E-state index contributed by atoms with van der Waals surface area (Å²) < 4.78 is 31.0. The van der Waals surface area contributed by atoms with E-state index in [0.717, 1.165) is 0 Å². The summed E-state index contributed by atoms with van der Waals surface area (Å²) in [7, 11) is -2.01. The molecule has 1 aromatic rings. The quantitative estimate of drug-likeness (QED) is 0.669. The fourth-order valence-electron chi connectivity index (χ4n) is 2.98. The van der Waals surface area contributed by atoms with Crippen LogP contribution in [0.5, 0.6) is 0 Å². The van der Waals surface area contributed by atoms with Gasteiger partial charge in [0.25, 0.3) is 0 Å². The molecule has 0 N–H and O–H groups in total. The molecule has 0 unspecified atom stereocenters. The van der Waals surface area contributed by atoms with Crippen LogP contribution >= 0.6 is 15.9 Å². The summed E-state index contributed by atoms with van der Waals surface area (Å²) >= 11 is 3.25. The fraction of sp³-hybridized carbons (Fsp3) is 0.579. The number of hydrogen-bond acceptors (Lipinski definition) is 5. The molecule has 0 bridgehead atoms. The van der Waals surface area contributed by atoms with E-state index in [1.165, 1.54) is 12.1 Å². The topological polar surface area (TPSA) is 84.0 Å². The van der Waals surface area contributed by atoms with Gasteiger partial charge in [-0.05, 0) is 51.8 Å². The van der Waals surface area contributed by atoms with Crippen LogP contribution in [0, 0.1) is 0 Å². The van der Waals surface area contributed by atoms with Crippen LogP contribution in [0.15, 0.2) is 33.6 Å². The van der Waals surface area contributed by atoms with Gasteiger partial charge >= 0.3 is 6.09 Å². The highest BCUT2D eigenvalue weighted by molar-refractivity contribution is 9.10. The van der Waals surface area contributed by atoms with Crippen molar-refractivity contribution in [2.45, 2.75) is 50.2 Å². The first-order valence-corrected chi connectivity index (χ1v) is 11.6. The normalized spacial score (nSPS) is 16.0. The van der Waals surface area contributed by atoms with Crippen molar-refractivity contribution in [1.82, 2.24) is 9.80 Å². The average molecular weight is 475 g/mol. The zero-order valence-electron chi connectivity index (χ0n) is 16.6. The van der Waals surface area contributed by atoms with Crippen LogP contribution in [0.3, 0.4) is 0 Å². The van der Waals surface area contributed by atoms with Crippen LogP contribution in [-0.2, 0) is 19.4 Å². The SMILES string of the molecule is CN(C(=O)OC(C)(C)C)C1CCN(C(=O)CS(=O)(=O)c2cccc(Br)c2)CC1. The first kappa shape index (κ1) is 22.7. The predicted molar refractivity (Wildman–Crippen MR) is 110 cm³/mol. The van der Waals surface area contributed by atoms with Gasteiger partial charge in [0.05, 0.1) is 4.90 Å². The average Bonchev–Trinajstić information content (AvgIpc) is 2.59.